The lowest BCUT2D eigenvalue weighted by atomic mass is 10.1. The Labute approximate surface area is 178 Å². The molecule has 4 rings (SSSR count). The van der Waals surface area contributed by atoms with Gasteiger partial charge in [-0.3, -0.25) is 14.5 Å². The number of halogens is 1. The Morgan fingerprint density at radius 3 is 2.45 bits per heavy atom. The van der Waals surface area contributed by atoms with Gasteiger partial charge < -0.3 is 5.32 Å². The Hall–Kier alpha value is -2.76. The smallest absolute Gasteiger partial charge is 0.257 e. The van der Waals surface area contributed by atoms with Crippen LogP contribution < -0.4 is 10.2 Å². The molecule has 0 aromatic heterocycles. The number of para-hydroxylation sites is 1. The van der Waals surface area contributed by atoms with E-state index in [1.54, 1.807) is 36.0 Å². The number of amides is 2. The maximum Gasteiger partial charge on any atom is 0.257 e. The number of hydrogen-bond donors (Lipinski definition) is 1. The van der Waals surface area contributed by atoms with Crippen molar-refractivity contribution in [2.45, 2.75) is 12.3 Å². The summed E-state index contributed by atoms with van der Waals surface area (Å²) in [6.07, 6.45) is 0. The highest BCUT2D eigenvalue weighted by Gasteiger charge is 2.34. The Bertz CT molecular complexity index is 1070. The van der Waals surface area contributed by atoms with Crippen molar-refractivity contribution in [2.24, 2.45) is 0 Å². The average Bonchev–Trinajstić information content (AvgIpc) is 3.10. The Balaban J connectivity index is 1.54. The zero-order valence-corrected chi connectivity index (χ0v) is 17.3. The molecule has 1 heterocycles. The minimum absolute atomic E-state index is 0.0862. The Morgan fingerprint density at radius 2 is 1.72 bits per heavy atom. The second kappa shape index (κ2) is 8.31. The molecule has 2 amide bonds. The minimum atomic E-state index is -0.254. The van der Waals surface area contributed by atoms with E-state index in [0.29, 0.717) is 22.0 Å². The van der Waals surface area contributed by atoms with Gasteiger partial charge in [0.25, 0.3) is 5.91 Å². The highest BCUT2D eigenvalue weighted by atomic mass is 35.5. The summed E-state index contributed by atoms with van der Waals surface area (Å²) < 4.78 is 0. The molecular weight excluding hydrogens is 404 g/mol. The van der Waals surface area contributed by atoms with Crippen molar-refractivity contribution in [3.05, 3.63) is 94.5 Å². The minimum Gasteiger partial charge on any atom is -0.322 e. The van der Waals surface area contributed by atoms with Crippen LogP contribution in [0, 0.1) is 6.92 Å². The molecule has 0 spiro atoms. The quantitative estimate of drug-likeness (QED) is 0.588. The first kappa shape index (κ1) is 19.6. The molecular formula is C23H19ClN2O2S. The van der Waals surface area contributed by atoms with Crippen molar-refractivity contribution in [1.29, 1.82) is 0 Å². The molecule has 0 aliphatic carbocycles. The third-order valence-electron chi connectivity index (χ3n) is 4.82. The van der Waals surface area contributed by atoms with Crippen LogP contribution in [0.2, 0.25) is 5.02 Å². The average molecular weight is 423 g/mol. The largest absolute Gasteiger partial charge is 0.322 e. The fraction of sp³-hybridized carbons (Fsp3) is 0.130. The van der Waals surface area contributed by atoms with Gasteiger partial charge in [-0.25, -0.2) is 0 Å². The number of carbonyl (C=O) groups excluding carboxylic acids is 2. The molecule has 1 N–H and O–H groups in total. The van der Waals surface area contributed by atoms with E-state index in [0.717, 1.165) is 16.8 Å². The summed E-state index contributed by atoms with van der Waals surface area (Å²) in [4.78, 5) is 26.8. The number of thioether (sulfide) groups is 1. The van der Waals surface area contributed by atoms with Gasteiger partial charge in [-0.2, -0.15) is 0 Å². The fourth-order valence-electron chi connectivity index (χ4n) is 3.34. The number of nitrogens with one attached hydrogen (secondary N) is 1. The summed E-state index contributed by atoms with van der Waals surface area (Å²) in [6.45, 7) is 2.01. The normalized spacial score (nSPS) is 16.1. The van der Waals surface area contributed by atoms with Gasteiger partial charge in [0.2, 0.25) is 5.91 Å². The van der Waals surface area contributed by atoms with E-state index in [1.165, 1.54) is 0 Å². The lowest BCUT2D eigenvalue weighted by Gasteiger charge is -2.26. The van der Waals surface area contributed by atoms with Crippen molar-refractivity contribution in [2.75, 3.05) is 16.0 Å². The molecule has 0 saturated carbocycles. The van der Waals surface area contributed by atoms with Crippen LogP contribution in [0.25, 0.3) is 0 Å². The molecule has 1 atom stereocenters. The van der Waals surface area contributed by atoms with E-state index >= 15 is 0 Å². The molecule has 6 heteroatoms. The molecule has 29 heavy (non-hydrogen) atoms. The van der Waals surface area contributed by atoms with E-state index < -0.39 is 0 Å². The summed E-state index contributed by atoms with van der Waals surface area (Å²) in [5, 5.41) is 3.19. The van der Waals surface area contributed by atoms with Crippen molar-refractivity contribution in [3.8, 4) is 0 Å². The Kier molecular flexibility index (Phi) is 5.60. The first-order chi connectivity index (χ1) is 14.0. The molecule has 1 aliphatic heterocycles. The van der Waals surface area contributed by atoms with Crippen LogP contribution in [0.1, 0.15) is 26.9 Å². The second-order valence-corrected chi connectivity index (χ2v) is 8.25. The third-order valence-corrected chi connectivity index (χ3v) is 6.36. The van der Waals surface area contributed by atoms with Crippen LogP contribution in [0.5, 0.6) is 0 Å². The second-order valence-electron chi connectivity index (χ2n) is 6.77. The summed E-state index contributed by atoms with van der Waals surface area (Å²) in [5.41, 5.74) is 4.12. The van der Waals surface area contributed by atoms with Crippen LogP contribution >= 0.6 is 23.4 Å². The van der Waals surface area contributed by atoms with Crippen molar-refractivity contribution in [3.63, 3.8) is 0 Å². The van der Waals surface area contributed by atoms with Gasteiger partial charge in [0.15, 0.2) is 0 Å². The zero-order chi connectivity index (χ0) is 20.4. The van der Waals surface area contributed by atoms with E-state index in [9.17, 15) is 9.59 Å². The fourth-order valence-corrected chi connectivity index (χ4v) is 4.73. The van der Waals surface area contributed by atoms with Gasteiger partial charge in [-0.05, 0) is 48.4 Å². The van der Waals surface area contributed by atoms with Crippen LogP contribution in [0.15, 0.2) is 72.8 Å². The van der Waals surface area contributed by atoms with Gasteiger partial charge in [-0.1, -0.05) is 54.1 Å². The van der Waals surface area contributed by atoms with Crippen molar-refractivity contribution in [1.82, 2.24) is 0 Å². The van der Waals surface area contributed by atoms with Crippen molar-refractivity contribution >= 4 is 46.6 Å². The van der Waals surface area contributed by atoms with Crippen LogP contribution in [-0.4, -0.2) is 17.6 Å². The van der Waals surface area contributed by atoms with Gasteiger partial charge >= 0.3 is 0 Å². The standard InChI is InChI=1S/C23H19ClN2O2S/c1-15-6-2-5-9-20(15)26-21(27)14-29-23(26)16-10-12-17(13-11-16)25-22(28)18-7-3-4-8-19(18)24/h2-13,23H,14H2,1H3,(H,25,28). The molecule has 146 valence electrons. The number of nitrogens with zero attached hydrogens (tertiary/aromatic N) is 1. The molecule has 3 aromatic carbocycles. The van der Waals surface area contributed by atoms with Gasteiger partial charge in [0, 0.05) is 11.4 Å². The lowest BCUT2D eigenvalue weighted by Crippen LogP contribution is -2.28. The number of benzene rings is 3. The SMILES string of the molecule is Cc1ccccc1N1C(=O)CSC1c1ccc(NC(=O)c2ccccc2Cl)cc1. The lowest BCUT2D eigenvalue weighted by molar-refractivity contribution is -0.115. The molecule has 0 bridgehead atoms. The number of carbonyl (C=O) groups is 2. The van der Waals surface area contributed by atoms with Gasteiger partial charge in [-0.15, -0.1) is 11.8 Å². The van der Waals surface area contributed by atoms with Crippen LogP contribution in [-0.2, 0) is 4.79 Å². The number of anilines is 2. The summed E-state index contributed by atoms with van der Waals surface area (Å²) in [7, 11) is 0. The summed E-state index contributed by atoms with van der Waals surface area (Å²) in [5.74, 6) is 0.296. The Morgan fingerprint density at radius 1 is 1.03 bits per heavy atom. The highest BCUT2D eigenvalue weighted by molar-refractivity contribution is 8.00. The molecule has 1 unspecified atom stereocenters. The molecule has 1 aliphatic rings. The molecule has 1 fully saturated rings. The third kappa shape index (κ3) is 4.02. The number of aryl methyl sites for hydroxylation is 1. The zero-order valence-electron chi connectivity index (χ0n) is 15.8. The first-order valence-corrected chi connectivity index (χ1v) is 10.6. The summed E-state index contributed by atoms with van der Waals surface area (Å²) in [6, 6.07) is 22.4. The monoisotopic (exact) mass is 422 g/mol. The predicted octanol–water partition coefficient (Wildman–Crippen LogP) is 5.68. The molecule has 4 nitrogen and oxygen atoms in total. The van der Waals surface area contributed by atoms with E-state index in [2.05, 4.69) is 5.32 Å². The topological polar surface area (TPSA) is 49.4 Å². The number of rotatable bonds is 4. The first-order valence-electron chi connectivity index (χ1n) is 9.20. The number of hydrogen-bond acceptors (Lipinski definition) is 3. The molecule has 3 aromatic rings. The van der Waals surface area contributed by atoms with Crippen LogP contribution in [0.3, 0.4) is 0 Å². The molecule has 1 saturated heterocycles. The maximum absolute atomic E-state index is 12.5. The predicted molar refractivity (Wildman–Crippen MR) is 120 cm³/mol. The van der Waals surface area contributed by atoms with E-state index in [-0.39, 0.29) is 17.2 Å². The van der Waals surface area contributed by atoms with Gasteiger partial charge in [0.05, 0.1) is 16.3 Å². The highest BCUT2D eigenvalue weighted by Crippen LogP contribution is 2.42. The van der Waals surface area contributed by atoms with Gasteiger partial charge in [0.1, 0.15) is 5.37 Å². The molecule has 0 radical (unpaired) electrons. The summed E-state index contributed by atoms with van der Waals surface area (Å²) >= 11 is 7.70. The van der Waals surface area contributed by atoms with Crippen LogP contribution in [0.4, 0.5) is 11.4 Å². The van der Waals surface area contributed by atoms with E-state index in [4.69, 9.17) is 11.6 Å². The maximum atomic E-state index is 12.5. The van der Waals surface area contributed by atoms with E-state index in [1.807, 2.05) is 60.4 Å². The van der Waals surface area contributed by atoms with Crippen molar-refractivity contribution < 1.29 is 9.59 Å².